The van der Waals surface area contributed by atoms with Gasteiger partial charge in [-0.1, -0.05) is 17.7 Å². The maximum absolute atomic E-state index is 14.0. The Morgan fingerprint density at radius 1 is 1.17 bits per heavy atom. The number of methoxy groups -OCH3 is 1. The highest BCUT2D eigenvalue weighted by atomic mass is 35.5. The van der Waals surface area contributed by atoms with Crippen LogP contribution >= 0.6 is 22.9 Å². The Kier molecular flexibility index (Phi) is 6.32. The van der Waals surface area contributed by atoms with Crippen LogP contribution in [0.1, 0.15) is 16.1 Å². The minimum Gasteiger partial charge on any atom is -0.497 e. The van der Waals surface area contributed by atoms with Crippen LogP contribution in [0.15, 0.2) is 47.8 Å². The predicted octanol–water partition coefficient (Wildman–Crippen LogP) is 4.57. The number of benzene rings is 2. The van der Waals surface area contributed by atoms with Crippen molar-refractivity contribution in [1.29, 1.82) is 0 Å². The minimum atomic E-state index is -0.580. The molecule has 1 saturated heterocycles. The molecule has 5 nitrogen and oxygen atoms in total. The summed E-state index contributed by atoms with van der Waals surface area (Å²) >= 11 is 7.65. The predicted molar refractivity (Wildman–Crippen MR) is 117 cm³/mol. The quantitative estimate of drug-likeness (QED) is 0.577. The van der Waals surface area contributed by atoms with E-state index in [0.29, 0.717) is 26.2 Å². The number of carbonyl (C=O) groups is 1. The van der Waals surface area contributed by atoms with Gasteiger partial charge in [0.15, 0.2) is 0 Å². The highest BCUT2D eigenvalue weighted by molar-refractivity contribution is 7.13. The van der Waals surface area contributed by atoms with Crippen molar-refractivity contribution in [2.75, 3.05) is 33.3 Å². The summed E-state index contributed by atoms with van der Waals surface area (Å²) in [6.45, 7) is 3.17. The normalized spacial score (nSPS) is 14.7. The SMILES string of the molecule is COc1ccc(-c2nc(CN3CCN(C(=O)c4c(F)cccc4Cl)CC3)cs2)cc1. The van der Waals surface area contributed by atoms with Crippen LogP contribution in [0, 0.1) is 5.82 Å². The third-order valence-corrected chi connectivity index (χ3v) is 6.37. The third kappa shape index (κ3) is 4.48. The van der Waals surface area contributed by atoms with Crippen LogP contribution in [0.2, 0.25) is 5.02 Å². The fraction of sp³-hybridized carbons (Fsp3) is 0.273. The fourth-order valence-electron chi connectivity index (χ4n) is 3.44. The first kappa shape index (κ1) is 20.8. The Balaban J connectivity index is 1.35. The van der Waals surface area contributed by atoms with Crippen molar-refractivity contribution >= 4 is 28.8 Å². The Labute approximate surface area is 183 Å². The van der Waals surface area contributed by atoms with Crippen LogP contribution < -0.4 is 4.74 Å². The number of halogens is 2. The van der Waals surface area contributed by atoms with Crippen LogP contribution in [-0.2, 0) is 6.54 Å². The van der Waals surface area contributed by atoms with Crippen molar-refractivity contribution < 1.29 is 13.9 Å². The van der Waals surface area contributed by atoms with E-state index >= 15 is 0 Å². The maximum Gasteiger partial charge on any atom is 0.258 e. The molecular formula is C22H21ClFN3O2S. The van der Waals surface area contributed by atoms with Crippen molar-refractivity contribution in [3.05, 3.63) is 69.9 Å². The summed E-state index contributed by atoms with van der Waals surface area (Å²) in [5, 5.41) is 3.18. The van der Waals surface area contributed by atoms with Gasteiger partial charge in [-0.25, -0.2) is 9.37 Å². The number of thiazole rings is 1. The second-order valence-corrected chi connectivity index (χ2v) is 8.30. The van der Waals surface area contributed by atoms with Crippen molar-refractivity contribution in [2.24, 2.45) is 0 Å². The van der Waals surface area contributed by atoms with Crippen LogP contribution in [0.5, 0.6) is 5.75 Å². The highest BCUT2D eigenvalue weighted by Crippen LogP contribution is 2.26. The van der Waals surface area contributed by atoms with Crippen molar-refractivity contribution in [3.8, 4) is 16.3 Å². The first-order valence-corrected chi connectivity index (χ1v) is 10.9. The summed E-state index contributed by atoms with van der Waals surface area (Å²) < 4.78 is 19.2. The van der Waals surface area contributed by atoms with Gasteiger partial charge in [-0.05, 0) is 36.4 Å². The summed E-state index contributed by atoms with van der Waals surface area (Å²) in [6, 6.07) is 12.2. The Morgan fingerprint density at radius 2 is 1.90 bits per heavy atom. The van der Waals surface area contributed by atoms with Gasteiger partial charge in [0.25, 0.3) is 5.91 Å². The van der Waals surface area contributed by atoms with Crippen LogP contribution in [0.4, 0.5) is 4.39 Å². The Hall–Kier alpha value is -2.48. The summed E-state index contributed by atoms with van der Waals surface area (Å²) in [4.78, 5) is 21.3. The number of ether oxygens (including phenoxy) is 1. The molecule has 0 aliphatic carbocycles. The van der Waals surface area contributed by atoms with Crippen LogP contribution in [-0.4, -0.2) is 54.0 Å². The van der Waals surface area contributed by atoms with Gasteiger partial charge >= 0.3 is 0 Å². The first-order valence-electron chi connectivity index (χ1n) is 9.59. The Morgan fingerprint density at radius 3 is 2.57 bits per heavy atom. The molecule has 1 aliphatic heterocycles. The smallest absolute Gasteiger partial charge is 0.258 e. The zero-order valence-corrected chi connectivity index (χ0v) is 18.0. The number of carbonyl (C=O) groups excluding carboxylic acids is 1. The summed E-state index contributed by atoms with van der Waals surface area (Å²) in [6.07, 6.45) is 0. The summed E-state index contributed by atoms with van der Waals surface area (Å²) in [5.41, 5.74) is 2.02. The number of piperazine rings is 1. The second kappa shape index (κ2) is 9.12. The molecule has 1 amide bonds. The topological polar surface area (TPSA) is 45.7 Å². The van der Waals surface area contributed by atoms with Gasteiger partial charge in [0, 0.05) is 43.7 Å². The van der Waals surface area contributed by atoms with E-state index in [1.54, 1.807) is 23.3 Å². The van der Waals surface area contributed by atoms with E-state index in [1.807, 2.05) is 24.3 Å². The third-order valence-electron chi connectivity index (χ3n) is 5.11. The zero-order chi connectivity index (χ0) is 21.1. The second-order valence-electron chi connectivity index (χ2n) is 7.04. The lowest BCUT2D eigenvalue weighted by Crippen LogP contribution is -2.48. The van der Waals surface area contributed by atoms with E-state index in [9.17, 15) is 9.18 Å². The van der Waals surface area contributed by atoms with Crippen LogP contribution in [0.3, 0.4) is 0 Å². The molecule has 4 rings (SSSR count). The molecule has 1 aromatic heterocycles. The fourth-order valence-corrected chi connectivity index (χ4v) is 4.51. The lowest BCUT2D eigenvalue weighted by molar-refractivity contribution is 0.0623. The number of nitrogens with zero attached hydrogens (tertiary/aromatic N) is 3. The van der Waals surface area contributed by atoms with Crippen molar-refractivity contribution in [1.82, 2.24) is 14.8 Å². The van der Waals surface area contributed by atoms with Gasteiger partial charge in [-0.15, -0.1) is 11.3 Å². The summed E-state index contributed by atoms with van der Waals surface area (Å²) in [7, 11) is 1.65. The lowest BCUT2D eigenvalue weighted by Gasteiger charge is -2.34. The minimum absolute atomic E-state index is 0.0451. The van der Waals surface area contributed by atoms with Gasteiger partial charge in [0.2, 0.25) is 0 Å². The molecule has 30 heavy (non-hydrogen) atoms. The van der Waals surface area contributed by atoms with E-state index in [0.717, 1.165) is 28.6 Å². The van der Waals surface area contributed by atoms with Gasteiger partial charge in [-0.2, -0.15) is 0 Å². The van der Waals surface area contributed by atoms with E-state index in [2.05, 4.69) is 10.3 Å². The molecule has 0 atom stereocenters. The van der Waals surface area contributed by atoms with E-state index in [1.165, 1.54) is 18.2 Å². The molecule has 1 fully saturated rings. The molecule has 156 valence electrons. The average molecular weight is 446 g/mol. The number of rotatable bonds is 5. The molecule has 0 bridgehead atoms. The molecule has 1 aliphatic rings. The highest BCUT2D eigenvalue weighted by Gasteiger charge is 2.26. The van der Waals surface area contributed by atoms with Gasteiger partial charge in [0.1, 0.15) is 16.6 Å². The summed E-state index contributed by atoms with van der Waals surface area (Å²) in [5.74, 6) is -0.115. The molecule has 8 heteroatoms. The molecule has 2 aromatic carbocycles. The van der Waals surface area contributed by atoms with Gasteiger partial charge < -0.3 is 9.64 Å². The molecule has 2 heterocycles. The van der Waals surface area contributed by atoms with Crippen molar-refractivity contribution in [2.45, 2.75) is 6.54 Å². The Bertz CT molecular complexity index is 1010. The van der Waals surface area contributed by atoms with E-state index < -0.39 is 5.82 Å². The molecular weight excluding hydrogens is 425 g/mol. The maximum atomic E-state index is 14.0. The van der Waals surface area contributed by atoms with E-state index in [4.69, 9.17) is 21.3 Å². The zero-order valence-electron chi connectivity index (χ0n) is 16.5. The van der Waals surface area contributed by atoms with Crippen molar-refractivity contribution in [3.63, 3.8) is 0 Å². The van der Waals surface area contributed by atoms with Gasteiger partial charge in [0.05, 0.1) is 23.4 Å². The number of hydrogen-bond donors (Lipinski definition) is 0. The number of amides is 1. The molecule has 0 saturated carbocycles. The first-order chi connectivity index (χ1) is 14.5. The van der Waals surface area contributed by atoms with E-state index in [-0.39, 0.29) is 16.5 Å². The molecule has 0 N–H and O–H groups in total. The largest absolute Gasteiger partial charge is 0.497 e. The molecule has 0 spiro atoms. The number of aromatic nitrogens is 1. The lowest BCUT2D eigenvalue weighted by atomic mass is 10.1. The monoisotopic (exact) mass is 445 g/mol. The molecule has 0 unspecified atom stereocenters. The standard InChI is InChI=1S/C22H21ClFN3O2S/c1-29-17-7-5-15(6-8-17)21-25-16(14-30-21)13-26-9-11-27(12-10-26)22(28)20-18(23)3-2-4-19(20)24/h2-8,14H,9-13H2,1H3. The molecule has 3 aromatic rings. The molecule has 0 radical (unpaired) electrons. The average Bonchev–Trinajstić information content (AvgIpc) is 3.22. The van der Waals surface area contributed by atoms with Gasteiger partial charge in [-0.3, -0.25) is 9.69 Å². The number of hydrogen-bond acceptors (Lipinski definition) is 5. The van der Waals surface area contributed by atoms with Crippen LogP contribution in [0.25, 0.3) is 10.6 Å².